The molecule has 1 aliphatic heterocycles. The molecule has 0 bridgehead atoms. The van der Waals surface area contributed by atoms with Crippen LogP contribution in [0.1, 0.15) is 60.9 Å². The predicted octanol–water partition coefficient (Wildman–Crippen LogP) is 4.33. The number of carbonyl (C=O) groups is 3. The third-order valence-electron chi connectivity index (χ3n) is 6.15. The van der Waals surface area contributed by atoms with Crippen LogP contribution in [0.5, 0.6) is 0 Å². The molecule has 7 heteroatoms. The van der Waals surface area contributed by atoms with Crippen molar-refractivity contribution in [2.45, 2.75) is 59.5 Å². The van der Waals surface area contributed by atoms with Crippen molar-refractivity contribution in [1.29, 1.82) is 0 Å². The average Bonchev–Trinajstić information content (AvgIpc) is 3.14. The number of Topliss-reactive ketones (excluding diaryl/α,β-unsaturated/α-hetero) is 1. The summed E-state index contributed by atoms with van der Waals surface area (Å²) in [5, 5.41) is 2.73. The molecule has 0 spiro atoms. The number of aromatic nitrogens is 1. The normalized spacial score (nSPS) is 18.7. The highest BCUT2D eigenvalue weighted by atomic mass is 19.1. The van der Waals surface area contributed by atoms with Crippen LogP contribution in [0.3, 0.4) is 0 Å². The number of hydrogen-bond donors (Lipinski definition) is 1. The highest BCUT2D eigenvalue weighted by molar-refractivity contribution is 6.11. The molecule has 1 aromatic heterocycles. The summed E-state index contributed by atoms with van der Waals surface area (Å²) < 4.78 is 15.5. The molecule has 1 atom stereocenters. The van der Waals surface area contributed by atoms with Crippen molar-refractivity contribution in [3.63, 3.8) is 0 Å². The number of benzene rings is 1. The summed E-state index contributed by atoms with van der Waals surface area (Å²) in [5.74, 6) is -0.654. The summed E-state index contributed by atoms with van der Waals surface area (Å²) in [4.78, 5) is 39.9. The highest BCUT2D eigenvalue weighted by Crippen LogP contribution is 2.33. The Morgan fingerprint density at radius 3 is 2.39 bits per heavy atom. The molecule has 1 unspecified atom stereocenters. The summed E-state index contributed by atoms with van der Waals surface area (Å²) in [6.45, 7) is 10.4. The van der Waals surface area contributed by atoms with E-state index in [9.17, 15) is 18.8 Å². The molecule has 6 nitrogen and oxygen atoms in total. The van der Waals surface area contributed by atoms with Crippen LogP contribution in [-0.2, 0) is 16.9 Å². The van der Waals surface area contributed by atoms with Gasteiger partial charge in [-0.2, -0.15) is 0 Å². The van der Waals surface area contributed by atoms with Gasteiger partial charge in [-0.15, -0.1) is 0 Å². The maximum absolute atomic E-state index is 13.4. The maximum atomic E-state index is 13.4. The quantitative estimate of drug-likeness (QED) is 0.503. The van der Waals surface area contributed by atoms with E-state index < -0.39 is 23.3 Å². The lowest BCUT2D eigenvalue weighted by Gasteiger charge is -2.25. The minimum absolute atomic E-state index is 0.279. The van der Waals surface area contributed by atoms with Crippen LogP contribution in [0, 0.1) is 25.6 Å². The molecule has 1 N–H and O–H groups in total. The molecular formula is C24H30FN3O3. The van der Waals surface area contributed by atoms with Crippen molar-refractivity contribution in [2.24, 2.45) is 5.92 Å². The molecule has 2 aromatic rings. The Balaban J connectivity index is 1.84. The molecule has 1 aromatic carbocycles. The molecule has 0 saturated carbocycles. The zero-order valence-electron chi connectivity index (χ0n) is 18.8. The summed E-state index contributed by atoms with van der Waals surface area (Å²) in [6, 6.07) is 6.70. The van der Waals surface area contributed by atoms with Gasteiger partial charge in [0.25, 0.3) is 5.91 Å². The van der Waals surface area contributed by atoms with Gasteiger partial charge in [0.15, 0.2) is 5.78 Å². The van der Waals surface area contributed by atoms with Gasteiger partial charge in [-0.05, 0) is 56.4 Å². The van der Waals surface area contributed by atoms with Crippen LogP contribution in [-0.4, -0.2) is 33.7 Å². The van der Waals surface area contributed by atoms with E-state index in [2.05, 4.69) is 23.7 Å². The molecule has 0 aliphatic carbocycles. The maximum Gasteiger partial charge on any atom is 0.325 e. The van der Waals surface area contributed by atoms with Crippen LogP contribution in [0.2, 0.25) is 0 Å². The topological polar surface area (TPSA) is 71.4 Å². The molecule has 1 aliphatic rings. The van der Waals surface area contributed by atoms with E-state index in [4.69, 9.17) is 0 Å². The van der Waals surface area contributed by atoms with Gasteiger partial charge in [0.05, 0.1) is 6.54 Å². The zero-order chi connectivity index (χ0) is 22.9. The van der Waals surface area contributed by atoms with E-state index in [1.165, 1.54) is 24.3 Å². The van der Waals surface area contributed by atoms with Gasteiger partial charge in [-0.1, -0.05) is 32.9 Å². The predicted molar refractivity (Wildman–Crippen MR) is 116 cm³/mol. The average molecular weight is 428 g/mol. The summed E-state index contributed by atoms with van der Waals surface area (Å²) in [7, 11) is 0. The number of halogens is 1. The van der Waals surface area contributed by atoms with Gasteiger partial charge in [-0.3, -0.25) is 14.5 Å². The van der Waals surface area contributed by atoms with Crippen molar-refractivity contribution in [1.82, 2.24) is 14.8 Å². The first-order valence-electron chi connectivity index (χ1n) is 10.7. The Bertz CT molecular complexity index is 1010. The Labute approximate surface area is 182 Å². The minimum atomic E-state index is -1.29. The number of imide groups is 1. The monoisotopic (exact) mass is 427 g/mol. The number of nitrogens with one attached hydrogen (secondary N) is 1. The standard InChI is InChI=1S/C24H30FN3O3/c1-6-24(18-7-9-19(25)10-8-18)22(30)28(23(31)26-24)14-21(29)20-13-16(4)27(17(20)5)12-11-15(2)3/h7-10,13,15H,6,11-12,14H2,1-5H3,(H,26,31). The smallest absolute Gasteiger partial charge is 0.325 e. The number of ketones is 1. The molecule has 1 saturated heterocycles. The SMILES string of the molecule is CCC1(c2ccc(F)cc2)NC(=O)N(CC(=O)c2cc(C)n(CCC(C)C)c2C)C1=O. The van der Waals surface area contributed by atoms with E-state index >= 15 is 0 Å². The highest BCUT2D eigenvalue weighted by Gasteiger charge is 2.51. The van der Waals surface area contributed by atoms with Gasteiger partial charge in [-0.25, -0.2) is 9.18 Å². The first-order chi connectivity index (χ1) is 14.6. The van der Waals surface area contributed by atoms with Gasteiger partial charge >= 0.3 is 6.03 Å². The molecule has 2 heterocycles. The van der Waals surface area contributed by atoms with E-state index in [0.717, 1.165) is 29.3 Å². The van der Waals surface area contributed by atoms with Gasteiger partial charge in [0, 0.05) is 23.5 Å². The van der Waals surface area contributed by atoms with Crippen molar-refractivity contribution in [3.8, 4) is 0 Å². The summed E-state index contributed by atoms with van der Waals surface area (Å²) in [6.07, 6.45) is 1.28. The number of carbonyl (C=O) groups excluding carboxylic acids is 3. The number of amides is 3. The van der Waals surface area contributed by atoms with Crippen LogP contribution >= 0.6 is 0 Å². The molecule has 3 rings (SSSR count). The van der Waals surface area contributed by atoms with Crippen LogP contribution in [0.15, 0.2) is 30.3 Å². The Morgan fingerprint density at radius 2 is 1.81 bits per heavy atom. The van der Waals surface area contributed by atoms with Crippen molar-refractivity contribution in [2.75, 3.05) is 6.54 Å². The van der Waals surface area contributed by atoms with Crippen molar-refractivity contribution in [3.05, 3.63) is 58.7 Å². The lowest BCUT2D eigenvalue weighted by atomic mass is 9.87. The molecule has 31 heavy (non-hydrogen) atoms. The lowest BCUT2D eigenvalue weighted by Crippen LogP contribution is -2.43. The number of rotatable bonds is 8. The second-order valence-corrected chi connectivity index (χ2v) is 8.63. The fraction of sp³-hybridized carbons (Fsp3) is 0.458. The first-order valence-corrected chi connectivity index (χ1v) is 10.7. The summed E-state index contributed by atoms with van der Waals surface area (Å²) in [5.41, 5.74) is 1.55. The molecular weight excluding hydrogens is 397 g/mol. The third-order valence-corrected chi connectivity index (χ3v) is 6.15. The van der Waals surface area contributed by atoms with Crippen LogP contribution in [0.25, 0.3) is 0 Å². The van der Waals surface area contributed by atoms with Gasteiger partial charge in [0.2, 0.25) is 0 Å². The van der Waals surface area contributed by atoms with Crippen molar-refractivity contribution >= 4 is 17.7 Å². The summed E-state index contributed by atoms with van der Waals surface area (Å²) >= 11 is 0. The largest absolute Gasteiger partial charge is 0.348 e. The van der Waals surface area contributed by atoms with Gasteiger partial charge < -0.3 is 9.88 Å². The fourth-order valence-corrected chi connectivity index (χ4v) is 4.19. The lowest BCUT2D eigenvalue weighted by molar-refractivity contribution is -0.131. The van der Waals surface area contributed by atoms with Gasteiger partial charge in [0.1, 0.15) is 11.4 Å². The number of aryl methyl sites for hydroxylation is 1. The van der Waals surface area contributed by atoms with Crippen molar-refractivity contribution < 1.29 is 18.8 Å². The van der Waals surface area contributed by atoms with E-state index in [0.29, 0.717) is 17.0 Å². The minimum Gasteiger partial charge on any atom is -0.348 e. The van der Waals surface area contributed by atoms with Crippen LogP contribution in [0.4, 0.5) is 9.18 Å². The first kappa shape index (κ1) is 22.7. The van der Waals surface area contributed by atoms with E-state index in [1.807, 2.05) is 19.9 Å². The Kier molecular flexibility index (Phi) is 6.34. The molecule has 3 amide bonds. The number of hydrogen-bond acceptors (Lipinski definition) is 3. The molecule has 1 fully saturated rings. The zero-order valence-corrected chi connectivity index (χ0v) is 18.8. The molecule has 0 radical (unpaired) electrons. The number of nitrogens with zero attached hydrogens (tertiary/aromatic N) is 2. The van der Waals surface area contributed by atoms with Crippen LogP contribution < -0.4 is 5.32 Å². The van der Waals surface area contributed by atoms with E-state index in [1.54, 1.807) is 6.92 Å². The molecule has 166 valence electrons. The van der Waals surface area contributed by atoms with E-state index in [-0.39, 0.29) is 18.7 Å². The Hall–Kier alpha value is -2.96. The fourth-order valence-electron chi connectivity index (χ4n) is 4.19. The third kappa shape index (κ3) is 4.13. The second kappa shape index (κ2) is 8.65. The number of urea groups is 1. The Morgan fingerprint density at radius 1 is 1.16 bits per heavy atom. The second-order valence-electron chi connectivity index (χ2n) is 8.63.